The van der Waals surface area contributed by atoms with Gasteiger partial charge in [-0.1, -0.05) is 35.9 Å². The molecule has 0 atom stereocenters. The van der Waals surface area contributed by atoms with Gasteiger partial charge in [0.1, 0.15) is 5.82 Å². The molecule has 5 nitrogen and oxygen atoms in total. The van der Waals surface area contributed by atoms with Crippen molar-refractivity contribution in [3.63, 3.8) is 0 Å². The summed E-state index contributed by atoms with van der Waals surface area (Å²) < 4.78 is 18.9. The molecule has 7 heteroatoms. The first-order valence-electron chi connectivity index (χ1n) is 9.11. The molecule has 150 valence electrons. The third-order valence-electron chi connectivity index (χ3n) is 4.44. The number of anilines is 1. The Labute approximate surface area is 177 Å². The minimum Gasteiger partial charge on any atom is -0.449 e. The van der Waals surface area contributed by atoms with Crippen molar-refractivity contribution in [3.05, 3.63) is 100 Å². The highest BCUT2D eigenvalue weighted by atomic mass is 35.5. The van der Waals surface area contributed by atoms with Crippen molar-refractivity contribution in [2.75, 3.05) is 5.32 Å². The maximum absolute atomic E-state index is 13.2. The van der Waals surface area contributed by atoms with Gasteiger partial charge in [-0.15, -0.1) is 0 Å². The third kappa shape index (κ3) is 4.50. The second-order valence-electron chi connectivity index (χ2n) is 6.64. The first kappa shape index (κ1) is 19.7. The number of ether oxygens (including phenoxy) is 1. The highest BCUT2D eigenvalue weighted by Gasteiger charge is 2.23. The van der Waals surface area contributed by atoms with E-state index >= 15 is 0 Å². The molecule has 1 aliphatic rings. The Morgan fingerprint density at radius 3 is 2.67 bits per heavy atom. The number of hydrogen-bond donors (Lipinski definition) is 2. The van der Waals surface area contributed by atoms with E-state index in [1.807, 2.05) is 0 Å². The molecular formula is C23H16ClFN2O3. The van der Waals surface area contributed by atoms with Crippen LogP contribution in [-0.4, -0.2) is 11.8 Å². The summed E-state index contributed by atoms with van der Waals surface area (Å²) in [5, 5.41) is 6.05. The molecule has 0 bridgehead atoms. The molecule has 1 aliphatic heterocycles. The zero-order chi connectivity index (χ0) is 21.1. The average Bonchev–Trinajstić information content (AvgIpc) is 2.74. The maximum Gasteiger partial charge on any atom is 0.291 e. The molecule has 0 fully saturated rings. The number of carbonyl (C=O) groups excluding carboxylic acids is 2. The quantitative estimate of drug-likeness (QED) is 0.594. The first-order chi connectivity index (χ1) is 14.5. The molecule has 0 unspecified atom stereocenters. The lowest BCUT2D eigenvalue weighted by Gasteiger charge is -2.20. The van der Waals surface area contributed by atoms with Crippen LogP contribution >= 0.6 is 11.6 Å². The van der Waals surface area contributed by atoms with E-state index in [0.717, 1.165) is 5.56 Å². The summed E-state index contributed by atoms with van der Waals surface area (Å²) in [6.45, 7) is 0.185. The van der Waals surface area contributed by atoms with E-state index in [4.69, 9.17) is 16.3 Å². The standard InChI is InChI=1S/C23H16ClFN2O3/c24-17-7-4-14(5-8-17)11-21-23(29)27-19-12-16(6-9-20(19)30-21)22(28)26-13-15-2-1-3-18(25)10-15/h1-12H,13H2,(H,26,28)(H,27,29). The van der Waals surface area contributed by atoms with Crippen LogP contribution in [0.4, 0.5) is 10.1 Å². The predicted molar refractivity (Wildman–Crippen MR) is 113 cm³/mol. The summed E-state index contributed by atoms with van der Waals surface area (Å²) in [6, 6.07) is 17.7. The van der Waals surface area contributed by atoms with Gasteiger partial charge in [-0.05, 0) is 59.7 Å². The van der Waals surface area contributed by atoms with Crippen LogP contribution in [0.5, 0.6) is 5.75 Å². The van der Waals surface area contributed by atoms with Crippen LogP contribution in [-0.2, 0) is 11.3 Å². The SMILES string of the molecule is O=C1Nc2cc(C(=O)NCc3cccc(F)c3)ccc2OC1=Cc1ccc(Cl)cc1. The van der Waals surface area contributed by atoms with Gasteiger partial charge in [-0.3, -0.25) is 9.59 Å². The summed E-state index contributed by atoms with van der Waals surface area (Å²) in [6.07, 6.45) is 1.61. The molecule has 0 aromatic heterocycles. The normalized spacial score (nSPS) is 13.9. The van der Waals surface area contributed by atoms with E-state index in [9.17, 15) is 14.0 Å². The van der Waals surface area contributed by atoms with Crippen LogP contribution in [0, 0.1) is 5.82 Å². The Balaban J connectivity index is 1.48. The Hall–Kier alpha value is -3.64. The lowest BCUT2D eigenvalue weighted by Crippen LogP contribution is -2.25. The van der Waals surface area contributed by atoms with E-state index in [0.29, 0.717) is 27.6 Å². The number of fused-ring (bicyclic) bond motifs is 1. The molecule has 30 heavy (non-hydrogen) atoms. The third-order valence-corrected chi connectivity index (χ3v) is 4.70. The van der Waals surface area contributed by atoms with E-state index in [1.165, 1.54) is 18.2 Å². The van der Waals surface area contributed by atoms with Gasteiger partial charge in [0.15, 0.2) is 11.5 Å². The molecule has 0 aliphatic carbocycles. The van der Waals surface area contributed by atoms with Gasteiger partial charge in [0, 0.05) is 17.1 Å². The fourth-order valence-corrected chi connectivity index (χ4v) is 3.07. The van der Waals surface area contributed by atoms with E-state index < -0.39 is 5.91 Å². The van der Waals surface area contributed by atoms with Crippen LogP contribution < -0.4 is 15.4 Å². The fourth-order valence-electron chi connectivity index (χ4n) is 2.94. The topological polar surface area (TPSA) is 67.4 Å². The van der Waals surface area contributed by atoms with Crippen molar-refractivity contribution < 1.29 is 18.7 Å². The number of halogens is 2. The molecule has 0 radical (unpaired) electrons. The largest absolute Gasteiger partial charge is 0.449 e. The Morgan fingerprint density at radius 2 is 1.90 bits per heavy atom. The average molecular weight is 423 g/mol. The fraction of sp³-hybridized carbons (Fsp3) is 0.0435. The number of nitrogens with one attached hydrogen (secondary N) is 2. The van der Waals surface area contributed by atoms with Crippen LogP contribution in [0.1, 0.15) is 21.5 Å². The predicted octanol–water partition coefficient (Wildman–Crippen LogP) is 4.78. The van der Waals surface area contributed by atoms with Gasteiger partial charge in [-0.25, -0.2) is 4.39 Å². The van der Waals surface area contributed by atoms with Crippen LogP contribution in [0.25, 0.3) is 6.08 Å². The van der Waals surface area contributed by atoms with Gasteiger partial charge >= 0.3 is 0 Å². The van der Waals surface area contributed by atoms with Crippen molar-refractivity contribution in [2.45, 2.75) is 6.54 Å². The molecule has 4 rings (SSSR count). The molecule has 2 N–H and O–H groups in total. The van der Waals surface area contributed by atoms with Crippen molar-refractivity contribution in [1.82, 2.24) is 5.32 Å². The highest BCUT2D eigenvalue weighted by molar-refractivity contribution is 6.30. The van der Waals surface area contributed by atoms with Crippen molar-refractivity contribution in [1.29, 1.82) is 0 Å². The van der Waals surface area contributed by atoms with E-state index in [1.54, 1.807) is 54.6 Å². The van der Waals surface area contributed by atoms with Gasteiger partial charge in [-0.2, -0.15) is 0 Å². The van der Waals surface area contributed by atoms with Gasteiger partial charge in [0.2, 0.25) is 0 Å². The summed E-state index contributed by atoms with van der Waals surface area (Å²) in [5.74, 6) is -0.573. The number of amides is 2. The van der Waals surface area contributed by atoms with Crippen LogP contribution in [0.15, 0.2) is 72.5 Å². The van der Waals surface area contributed by atoms with E-state index in [2.05, 4.69) is 10.6 Å². The van der Waals surface area contributed by atoms with Crippen molar-refractivity contribution >= 4 is 35.2 Å². The monoisotopic (exact) mass is 422 g/mol. The second-order valence-corrected chi connectivity index (χ2v) is 7.08. The molecule has 3 aromatic rings. The van der Waals surface area contributed by atoms with Crippen LogP contribution in [0.2, 0.25) is 5.02 Å². The minimum atomic E-state index is -0.422. The highest BCUT2D eigenvalue weighted by Crippen LogP contribution is 2.32. The smallest absolute Gasteiger partial charge is 0.291 e. The zero-order valence-electron chi connectivity index (χ0n) is 15.6. The van der Waals surface area contributed by atoms with Crippen LogP contribution in [0.3, 0.4) is 0 Å². The number of carbonyl (C=O) groups is 2. The minimum absolute atomic E-state index is 0.133. The molecular weight excluding hydrogens is 407 g/mol. The number of benzene rings is 3. The number of rotatable bonds is 4. The van der Waals surface area contributed by atoms with Crippen molar-refractivity contribution in [3.8, 4) is 5.75 Å². The number of hydrogen-bond acceptors (Lipinski definition) is 3. The lowest BCUT2D eigenvalue weighted by molar-refractivity contribution is -0.115. The summed E-state index contributed by atoms with van der Waals surface area (Å²) >= 11 is 5.87. The Morgan fingerprint density at radius 1 is 1.10 bits per heavy atom. The lowest BCUT2D eigenvalue weighted by atomic mass is 10.1. The van der Waals surface area contributed by atoms with Gasteiger partial charge in [0.25, 0.3) is 11.8 Å². The maximum atomic E-state index is 13.2. The molecule has 0 saturated heterocycles. The second kappa shape index (κ2) is 8.39. The Kier molecular flexibility index (Phi) is 5.50. The summed E-state index contributed by atoms with van der Waals surface area (Å²) in [5.41, 5.74) is 2.15. The molecule has 0 saturated carbocycles. The molecule has 2 amide bonds. The summed E-state index contributed by atoms with van der Waals surface area (Å²) in [7, 11) is 0. The van der Waals surface area contributed by atoms with Gasteiger partial charge in [0.05, 0.1) is 5.69 Å². The molecule has 1 heterocycles. The van der Waals surface area contributed by atoms with Crippen molar-refractivity contribution in [2.24, 2.45) is 0 Å². The molecule has 0 spiro atoms. The van der Waals surface area contributed by atoms with E-state index in [-0.39, 0.29) is 24.0 Å². The van der Waals surface area contributed by atoms with Gasteiger partial charge < -0.3 is 15.4 Å². The zero-order valence-corrected chi connectivity index (χ0v) is 16.4. The Bertz CT molecular complexity index is 1160. The summed E-state index contributed by atoms with van der Waals surface area (Å²) in [4.78, 5) is 24.8. The molecule has 3 aromatic carbocycles. The first-order valence-corrected chi connectivity index (χ1v) is 9.49.